The summed E-state index contributed by atoms with van der Waals surface area (Å²) in [5, 5.41) is 19.7. The highest BCUT2D eigenvalue weighted by Crippen LogP contribution is 2.26. The molecule has 156 valence electrons. The standard InChI is InChI=1S/C22H25N5O3/c1-14-2-4-15(5-3-14)21(30)26-6-8-27(9-7-26)22-24-19-11-17(13-29)16(12-28)10-18(19)20(23)25-22/h2-5,10-11,28-29H,6-9,12-13H2,1H3,(H2,23,24,25). The Kier molecular flexibility index (Phi) is 5.52. The molecule has 4 N–H and O–H groups in total. The van der Waals surface area contributed by atoms with Crippen LogP contribution in [0.1, 0.15) is 27.0 Å². The third kappa shape index (κ3) is 3.79. The number of benzene rings is 2. The van der Waals surface area contributed by atoms with Gasteiger partial charge < -0.3 is 25.7 Å². The van der Waals surface area contributed by atoms with E-state index in [1.165, 1.54) is 0 Å². The smallest absolute Gasteiger partial charge is 0.253 e. The molecule has 1 amide bonds. The molecule has 1 saturated heterocycles. The quantitative estimate of drug-likeness (QED) is 0.600. The molecule has 2 aromatic carbocycles. The van der Waals surface area contributed by atoms with E-state index < -0.39 is 0 Å². The number of aryl methyl sites for hydroxylation is 1. The number of hydrogen-bond donors (Lipinski definition) is 3. The van der Waals surface area contributed by atoms with E-state index in [-0.39, 0.29) is 19.1 Å². The van der Waals surface area contributed by atoms with Crippen LogP contribution < -0.4 is 10.6 Å². The van der Waals surface area contributed by atoms with Crippen LogP contribution in [0.15, 0.2) is 36.4 Å². The summed E-state index contributed by atoms with van der Waals surface area (Å²) in [5.41, 5.74) is 9.81. The van der Waals surface area contributed by atoms with Gasteiger partial charge in [-0.25, -0.2) is 4.98 Å². The van der Waals surface area contributed by atoms with Crippen LogP contribution in [-0.2, 0) is 13.2 Å². The minimum atomic E-state index is -0.190. The van der Waals surface area contributed by atoms with Gasteiger partial charge in [0.15, 0.2) is 0 Å². The van der Waals surface area contributed by atoms with Gasteiger partial charge in [-0.3, -0.25) is 4.79 Å². The Labute approximate surface area is 174 Å². The summed E-state index contributed by atoms with van der Waals surface area (Å²) < 4.78 is 0. The highest BCUT2D eigenvalue weighted by atomic mass is 16.3. The lowest BCUT2D eigenvalue weighted by atomic mass is 10.1. The molecule has 0 spiro atoms. The van der Waals surface area contributed by atoms with Gasteiger partial charge in [0.25, 0.3) is 5.91 Å². The van der Waals surface area contributed by atoms with Crippen LogP contribution in [0.5, 0.6) is 0 Å². The van der Waals surface area contributed by atoms with Gasteiger partial charge in [0, 0.05) is 37.1 Å². The molecule has 1 fully saturated rings. The first-order valence-electron chi connectivity index (χ1n) is 9.91. The van der Waals surface area contributed by atoms with Gasteiger partial charge in [-0.1, -0.05) is 17.7 Å². The maximum atomic E-state index is 12.7. The number of nitrogens with zero attached hydrogens (tertiary/aromatic N) is 4. The number of nitrogens with two attached hydrogens (primary N) is 1. The van der Waals surface area contributed by atoms with Crippen LogP contribution in [0.4, 0.5) is 11.8 Å². The summed E-state index contributed by atoms with van der Waals surface area (Å²) in [7, 11) is 0. The fraction of sp³-hybridized carbons (Fsp3) is 0.318. The summed E-state index contributed by atoms with van der Waals surface area (Å²) in [6.45, 7) is 3.96. The molecular weight excluding hydrogens is 382 g/mol. The van der Waals surface area contributed by atoms with Crippen LogP contribution in [0.2, 0.25) is 0 Å². The molecule has 1 aromatic heterocycles. The average molecular weight is 407 g/mol. The Morgan fingerprint density at radius 1 is 1.00 bits per heavy atom. The van der Waals surface area contributed by atoms with Crippen molar-refractivity contribution in [1.29, 1.82) is 0 Å². The Morgan fingerprint density at radius 2 is 1.63 bits per heavy atom. The van der Waals surface area contributed by atoms with Gasteiger partial charge in [-0.05, 0) is 42.3 Å². The number of anilines is 2. The van der Waals surface area contributed by atoms with Gasteiger partial charge in [-0.15, -0.1) is 0 Å². The molecular formula is C22H25N5O3. The molecule has 0 aliphatic carbocycles. The van der Waals surface area contributed by atoms with Gasteiger partial charge in [0.2, 0.25) is 5.95 Å². The average Bonchev–Trinajstić information content (AvgIpc) is 2.78. The van der Waals surface area contributed by atoms with Gasteiger partial charge >= 0.3 is 0 Å². The molecule has 1 aliphatic heterocycles. The molecule has 0 radical (unpaired) electrons. The minimum Gasteiger partial charge on any atom is -0.392 e. The molecule has 30 heavy (non-hydrogen) atoms. The third-order valence-electron chi connectivity index (χ3n) is 5.52. The van der Waals surface area contributed by atoms with Crippen molar-refractivity contribution in [3.05, 3.63) is 58.7 Å². The molecule has 2 heterocycles. The van der Waals surface area contributed by atoms with E-state index in [1.807, 2.05) is 41.0 Å². The Hall–Kier alpha value is -3.23. The summed E-state index contributed by atoms with van der Waals surface area (Å²) >= 11 is 0. The zero-order valence-electron chi connectivity index (χ0n) is 16.9. The second-order valence-corrected chi connectivity index (χ2v) is 7.51. The number of carbonyl (C=O) groups is 1. The van der Waals surface area contributed by atoms with Crippen molar-refractivity contribution in [2.24, 2.45) is 0 Å². The van der Waals surface area contributed by atoms with Crippen molar-refractivity contribution in [1.82, 2.24) is 14.9 Å². The number of rotatable bonds is 4. The van der Waals surface area contributed by atoms with E-state index in [1.54, 1.807) is 12.1 Å². The van der Waals surface area contributed by atoms with Crippen molar-refractivity contribution >= 4 is 28.6 Å². The zero-order valence-corrected chi connectivity index (χ0v) is 16.9. The molecule has 4 rings (SSSR count). The molecule has 0 atom stereocenters. The summed E-state index contributed by atoms with van der Waals surface area (Å²) in [5.74, 6) is 0.855. The van der Waals surface area contributed by atoms with Crippen LogP contribution in [0.3, 0.4) is 0 Å². The van der Waals surface area contributed by atoms with E-state index >= 15 is 0 Å². The van der Waals surface area contributed by atoms with Crippen LogP contribution in [-0.4, -0.2) is 57.2 Å². The first kappa shape index (κ1) is 20.1. The molecule has 0 bridgehead atoms. The first-order valence-corrected chi connectivity index (χ1v) is 9.91. The lowest BCUT2D eigenvalue weighted by Crippen LogP contribution is -2.49. The minimum absolute atomic E-state index is 0.0257. The number of carbonyl (C=O) groups excluding carboxylic acids is 1. The van der Waals surface area contributed by atoms with Gasteiger partial charge in [0.05, 0.1) is 18.7 Å². The molecule has 8 heteroatoms. The molecule has 0 unspecified atom stereocenters. The normalized spacial score (nSPS) is 14.4. The number of piperazine rings is 1. The number of aromatic nitrogens is 2. The summed E-state index contributed by atoms with van der Waals surface area (Å²) in [6, 6.07) is 11.1. The highest BCUT2D eigenvalue weighted by Gasteiger charge is 2.24. The van der Waals surface area contributed by atoms with Crippen molar-refractivity contribution in [2.45, 2.75) is 20.1 Å². The number of aliphatic hydroxyl groups excluding tert-OH is 2. The molecule has 1 aliphatic rings. The van der Waals surface area contributed by atoms with Crippen LogP contribution >= 0.6 is 0 Å². The fourth-order valence-electron chi connectivity index (χ4n) is 3.70. The van der Waals surface area contributed by atoms with Crippen molar-refractivity contribution in [2.75, 3.05) is 36.8 Å². The highest BCUT2D eigenvalue weighted by molar-refractivity contribution is 5.94. The number of aliphatic hydroxyl groups is 2. The van der Waals surface area contributed by atoms with E-state index in [4.69, 9.17) is 5.73 Å². The van der Waals surface area contributed by atoms with E-state index in [0.29, 0.717) is 65.5 Å². The lowest BCUT2D eigenvalue weighted by molar-refractivity contribution is 0.0746. The van der Waals surface area contributed by atoms with E-state index in [2.05, 4.69) is 9.97 Å². The molecule has 8 nitrogen and oxygen atoms in total. The zero-order chi connectivity index (χ0) is 21.3. The monoisotopic (exact) mass is 407 g/mol. The predicted molar refractivity (Wildman–Crippen MR) is 115 cm³/mol. The van der Waals surface area contributed by atoms with Crippen LogP contribution in [0, 0.1) is 6.92 Å². The maximum absolute atomic E-state index is 12.7. The van der Waals surface area contributed by atoms with Gasteiger partial charge in [-0.2, -0.15) is 4.98 Å². The summed E-state index contributed by atoms with van der Waals surface area (Å²) in [4.78, 5) is 25.6. The number of fused-ring (bicyclic) bond motifs is 1. The van der Waals surface area contributed by atoms with E-state index in [0.717, 1.165) is 5.56 Å². The number of hydrogen-bond acceptors (Lipinski definition) is 7. The van der Waals surface area contributed by atoms with Crippen molar-refractivity contribution in [3.63, 3.8) is 0 Å². The van der Waals surface area contributed by atoms with Crippen molar-refractivity contribution < 1.29 is 15.0 Å². The maximum Gasteiger partial charge on any atom is 0.253 e. The molecule has 0 saturated carbocycles. The topological polar surface area (TPSA) is 116 Å². The lowest BCUT2D eigenvalue weighted by Gasteiger charge is -2.35. The first-order chi connectivity index (χ1) is 14.5. The Balaban J connectivity index is 1.53. The second-order valence-electron chi connectivity index (χ2n) is 7.51. The van der Waals surface area contributed by atoms with Gasteiger partial charge in [0.1, 0.15) is 5.82 Å². The predicted octanol–water partition coefficient (Wildman–Crippen LogP) is 1.47. The Morgan fingerprint density at radius 3 is 2.27 bits per heavy atom. The number of amides is 1. The largest absolute Gasteiger partial charge is 0.392 e. The SMILES string of the molecule is Cc1ccc(C(=O)N2CCN(c3nc(N)c4cc(CO)c(CO)cc4n3)CC2)cc1. The Bertz CT molecular complexity index is 1080. The van der Waals surface area contributed by atoms with E-state index in [9.17, 15) is 15.0 Å². The third-order valence-corrected chi connectivity index (χ3v) is 5.52. The van der Waals surface area contributed by atoms with Crippen LogP contribution in [0.25, 0.3) is 10.9 Å². The fourth-order valence-corrected chi connectivity index (χ4v) is 3.70. The molecule has 3 aromatic rings. The van der Waals surface area contributed by atoms with Crippen molar-refractivity contribution in [3.8, 4) is 0 Å². The second kappa shape index (κ2) is 8.25. The summed E-state index contributed by atoms with van der Waals surface area (Å²) in [6.07, 6.45) is 0. The number of nitrogen functional groups attached to an aromatic ring is 1.